The van der Waals surface area contributed by atoms with E-state index < -0.39 is 0 Å². The van der Waals surface area contributed by atoms with Gasteiger partial charge in [0.15, 0.2) is 0 Å². The van der Waals surface area contributed by atoms with Crippen molar-refractivity contribution in [3.63, 3.8) is 0 Å². The molecule has 0 atom stereocenters. The molecule has 5 rings (SSSR count). The Morgan fingerprint density at radius 1 is 1.06 bits per heavy atom. The predicted molar refractivity (Wildman–Crippen MR) is 150 cm³/mol. The van der Waals surface area contributed by atoms with E-state index in [9.17, 15) is 0 Å². The van der Waals surface area contributed by atoms with E-state index in [0.29, 0.717) is 11.8 Å². The summed E-state index contributed by atoms with van der Waals surface area (Å²) in [4.78, 5) is 5.67. The molecule has 176 valence electrons. The lowest BCUT2D eigenvalue weighted by atomic mass is 10.00. The fourth-order valence-corrected chi connectivity index (χ4v) is 5.42. The van der Waals surface area contributed by atoms with Crippen molar-refractivity contribution >= 4 is 57.6 Å². The molecule has 0 radical (unpaired) electrons. The van der Waals surface area contributed by atoms with Crippen molar-refractivity contribution in [2.75, 3.05) is 28.1 Å². The number of pyridine rings is 1. The van der Waals surface area contributed by atoms with Gasteiger partial charge in [0.1, 0.15) is 6.73 Å². The molecule has 0 spiro atoms. The number of anilines is 2. The Kier molecular flexibility index (Phi) is 8.62. The maximum atomic E-state index is 6.59. The Balaban J connectivity index is 0.00000133. The molecule has 4 nitrogen and oxygen atoms in total. The maximum absolute atomic E-state index is 6.59. The van der Waals surface area contributed by atoms with Gasteiger partial charge in [-0.1, -0.05) is 55.8 Å². The minimum absolute atomic E-state index is 0.583. The monoisotopic (exact) mass is 509 g/mol. The molecule has 0 bridgehead atoms. The molecule has 4 aromatic rings. The first-order valence-electron chi connectivity index (χ1n) is 11.3. The highest BCUT2D eigenvalue weighted by Crippen LogP contribution is 2.36. The number of rotatable bonds is 5. The number of hydrogen-bond donors (Lipinski definition) is 1. The Hall–Kier alpha value is -2.38. The van der Waals surface area contributed by atoms with Gasteiger partial charge in [0, 0.05) is 33.5 Å². The second kappa shape index (κ2) is 11.8. The molecule has 1 aliphatic heterocycles. The van der Waals surface area contributed by atoms with Crippen molar-refractivity contribution in [1.82, 2.24) is 4.98 Å². The molecule has 0 saturated carbocycles. The second-order valence-corrected chi connectivity index (χ2v) is 9.84. The van der Waals surface area contributed by atoms with Crippen LogP contribution in [0.25, 0.3) is 22.0 Å². The third-order valence-corrected chi connectivity index (χ3v) is 7.65. The number of ether oxygens (including phenoxy) is 1. The van der Waals surface area contributed by atoms with Gasteiger partial charge in [0.2, 0.25) is 0 Å². The van der Waals surface area contributed by atoms with E-state index >= 15 is 0 Å². The molecule has 2 heterocycles. The zero-order valence-corrected chi connectivity index (χ0v) is 21.9. The van der Waals surface area contributed by atoms with Gasteiger partial charge in [0.25, 0.3) is 0 Å². The molecule has 0 unspecified atom stereocenters. The summed E-state index contributed by atoms with van der Waals surface area (Å²) in [6, 6.07) is 22.9. The average Bonchev–Trinajstić information content (AvgIpc) is 2.90. The van der Waals surface area contributed by atoms with Crippen molar-refractivity contribution in [3.8, 4) is 11.3 Å². The highest BCUT2D eigenvalue weighted by atomic mass is 35.5. The summed E-state index contributed by atoms with van der Waals surface area (Å²) in [7, 11) is 0. The zero-order chi connectivity index (χ0) is 23.9. The van der Waals surface area contributed by atoms with Crippen molar-refractivity contribution in [2.24, 2.45) is 0 Å². The van der Waals surface area contributed by atoms with Crippen LogP contribution in [0.1, 0.15) is 19.4 Å². The predicted octanol–water partition coefficient (Wildman–Crippen LogP) is 8.45. The largest absolute Gasteiger partial charge is 0.359 e. The summed E-state index contributed by atoms with van der Waals surface area (Å²) in [6.45, 7) is 7.49. The van der Waals surface area contributed by atoms with Crippen LogP contribution >= 0.6 is 35.5 Å². The lowest BCUT2D eigenvalue weighted by Gasteiger charge is -2.27. The van der Waals surface area contributed by atoms with Crippen LogP contribution in [-0.4, -0.2) is 24.1 Å². The third kappa shape index (κ3) is 5.63. The van der Waals surface area contributed by atoms with E-state index in [1.807, 2.05) is 38.2 Å². The van der Waals surface area contributed by atoms with Crippen LogP contribution in [0.5, 0.6) is 0 Å². The molecule has 1 fully saturated rings. The normalized spacial score (nSPS) is 13.4. The summed E-state index contributed by atoms with van der Waals surface area (Å²) in [5.74, 6) is 0.955. The quantitative estimate of drug-likeness (QED) is 0.272. The first kappa shape index (κ1) is 24.7. The number of aryl methyl sites for hydroxylation is 1. The Bertz CT molecular complexity index is 1260. The second-order valence-electron chi connectivity index (χ2n) is 7.48. The molecule has 7 heteroatoms. The van der Waals surface area contributed by atoms with Gasteiger partial charge in [-0.3, -0.25) is 9.29 Å². The molecule has 0 amide bonds. The molecule has 1 aliphatic rings. The van der Waals surface area contributed by atoms with Crippen LogP contribution in [-0.2, 0) is 4.74 Å². The summed E-state index contributed by atoms with van der Waals surface area (Å²) in [6.07, 6.45) is 1.87. The molecule has 1 saturated heterocycles. The van der Waals surface area contributed by atoms with Gasteiger partial charge in [-0.25, -0.2) is 0 Å². The Morgan fingerprint density at radius 3 is 2.71 bits per heavy atom. The van der Waals surface area contributed by atoms with E-state index in [4.69, 9.17) is 21.3 Å². The van der Waals surface area contributed by atoms with Crippen molar-refractivity contribution in [1.29, 1.82) is 0 Å². The molecule has 1 aromatic heterocycles. The number of fused-ring (bicyclic) bond motifs is 1. The van der Waals surface area contributed by atoms with Gasteiger partial charge >= 0.3 is 0 Å². The summed E-state index contributed by atoms with van der Waals surface area (Å²) in [5.41, 5.74) is 5.37. The molecular weight excluding hydrogens is 482 g/mol. The van der Waals surface area contributed by atoms with Crippen LogP contribution in [0.3, 0.4) is 0 Å². The van der Waals surface area contributed by atoms with Crippen molar-refractivity contribution in [2.45, 2.75) is 25.7 Å². The van der Waals surface area contributed by atoms with Crippen LogP contribution in [0.15, 0.2) is 77.8 Å². The minimum atomic E-state index is 0.583. The van der Waals surface area contributed by atoms with Gasteiger partial charge in [0.05, 0.1) is 23.0 Å². The van der Waals surface area contributed by atoms with Crippen molar-refractivity contribution in [3.05, 3.63) is 83.5 Å². The van der Waals surface area contributed by atoms with Crippen molar-refractivity contribution < 1.29 is 4.74 Å². The highest BCUT2D eigenvalue weighted by molar-refractivity contribution is 8.01. The lowest BCUT2D eigenvalue weighted by Crippen LogP contribution is -2.25. The van der Waals surface area contributed by atoms with E-state index in [1.165, 1.54) is 22.9 Å². The van der Waals surface area contributed by atoms with Gasteiger partial charge in [-0.2, -0.15) is 0 Å². The van der Waals surface area contributed by atoms with E-state index in [1.54, 1.807) is 11.9 Å². The summed E-state index contributed by atoms with van der Waals surface area (Å²) < 4.78 is 11.1. The first-order chi connectivity index (χ1) is 16.7. The molecular formula is C27H28ClN3OS2. The van der Waals surface area contributed by atoms with E-state index in [2.05, 4.69) is 64.5 Å². The van der Waals surface area contributed by atoms with Crippen LogP contribution < -0.4 is 9.03 Å². The zero-order valence-electron chi connectivity index (χ0n) is 19.5. The number of halogens is 1. The molecule has 0 aliphatic carbocycles. The number of aromatic nitrogens is 1. The van der Waals surface area contributed by atoms with Gasteiger partial charge in [-0.15, -0.1) is 0 Å². The van der Waals surface area contributed by atoms with Crippen LogP contribution in [0.4, 0.5) is 11.4 Å². The molecule has 3 aromatic carbocycles. The fraction of sp³-hybridized carbons (Fsp3) is 0.222. The number of benzene rings is 3. The summed E-state index contributed by atoms with van der Waals surface area (Å²) >= 11 is 9.86. The Morgan fingerprint density at radius 2 is 1.91 bits per heavy atom. The van der Waals surface area contributed by atoms with Crippen LogP contribution in [0, 0.1) is 6.92 Å². The van der Waals surface area contributed by atoms with Crippen LogP contribution in [0.2, 0.25) is 5.02 Å². The van der Waals surface area contributed by atoms with Gasteiger partial charge in [-0.05, 0) is 78.2 Å². The molecule has 34 heavy (non-hydrogen) atoms. The molecule has 1 N–H and O–H groups in total. The van der Waals surface area contributed by atoms with E-state index in [0.717, 1.165) is 45.3 Å². The fourth-order valence-electron chi connectivity index (χ4n) is 3.66. The minimum Gasteiger partial charge on any atom is -0.359 e. The summed E-state index contributed by atoms with van der Waals surface area (Å²) in [5, 5.41) is 3.06. The number of nitrogens with one attached hydrogen (secondary N) is 1. The standard InChI is InChI=1S/C25H22ClN3OS2.C2H6/c1-17-6-7-19(14-22(17)25-21-5-3-2-4-18(21)10-11-27-25)28-32-24-9-8-20(15-23(24)26)29-16-30-12-13-31-29;1-2/h2-11,14-15,28H,12-13,16H2,1H3;1-2H3. The SMILES string of the molecule is CC.Cc1ccc(NSc2ccc(N3COCCS3)cc2Cl)cc1-c1nccc2ccccc12. The highest BCUT2D eigenvalue weighted by Gasteiger charge is 2.14. The number of hydrogen-bond acceptors (Lipinski definition) is 6. The lowest BCUT2D eigenvalue weighted by molar-refractivity contribution is 0.154. The van der Waals surface area contributed by atoms with E-state index in [-0.39, 0.29) is 0 Å². The third-order valence-electron chi connectivity index (χ3n) is 5.33. The first-order valence-corrected chi connectivity index (χ1v) is 13.5. The number of nitrogens with zero attached hydrogens (tertiary/aromatic N) is 2. The smallest absolute Gasteiger partial charge is 0.129 e. The maximum Gasteiger partial charge on any atom is 0.129 e. The van der Waals surface area contributed by atoms with Gasteiger partial charge < -0.3 is 9.46 Å². The topological polar surface area (TPSA) is 37.4 Å². The average molecular weight is 510 g/mol. The Labute approximate surface area is 215 Å².